The van der Waals surface area contributed by atoms with E-state index in [9.17, 15) is 0 Å². The fraction of sp³-hybridized carbons (Fsp3) is 1.00. The van der Waals surface area contributed by atoms with Gasteiger partial charge in [0.25, 0.3) is 0 Å². The summed E-state index contributed by atoms with van der Waals surface area (Å²) in [4.78, 5) is 0. The molecular weight excluding hydrogens is 132 g/mol. The van der Waals surface area contributed by atoms with Gasteiger partial charge in [0, 0.05) is 13.5 Å². The molecule has 1 N–H and O–H groups in total. The largest absolute Gasteiger partial charge is 0.379 e. The molecule has 0 aromatic carbocycles. The highest BCUT2D eigenvalue weighted by Crippen LogP contribution is 2.19. The van der Waals surface area contributed by atoms with E-state index in [1.54, 1.807) is 7.11 Å². The Balaban J connectivity index is 2.36. The van der Waals surface area contributed by atoms with Gasteiger partial charge in [-0.1, -0.05) is 0 Å². The molecule has 3 nitrogen and oxygen atoms in total. The van der Waals surface area contributed by atoms with E-state index in [1.807, 2.05) is 6.92 Å². The summed E-state index contributed by atoms with van der Waals surface area (Å²) in [6.07, 6.45) is 1.17. The predicted molar refractivity (Wildman–Crippen MR) is 36.6 cm³/mol. The van der Waals surface area contributed by atoms with Crippen LogP contribution in [-0.2, 0) is 9.47 Å². The molecule has 0 unspecified atom stereocenters. The Morgan fingerprint density at radius 1 is 1.50 bits per heavy atom. The van der Waals surface area contributed by atoms with Crippen molar-refractivity contribution >= 4 is 0 Å². The highest BCUT2D eigenvalue weighted by molar-refractivity contribution is 4.71. The second kappa shape index (κ2) is 3.32. The summed E-state index contributed by atoms with van der Waals surface area (Å²) in [7, 11) is 1.67. The standard InChI is InChI=1S/C7H14O3/c1-5-6(9-2)3-4-7(8)10-5/h5-8H,3-4H2,1-2H3/t5-,6+,7+/m1/s1. The van der Waals surface area contributed by atoms with Gasteiger partial charge in [-0.05, 0) is 13.3 Å². The molecule has 0 spiro atoms. The maximum Gasteiger partial charge on any atom is 0.155 e. The van der Waals surface area contributed by atoms with Crippen molar-refractivity contribution in [3.05, 3.63) is 0 Å². The summed E-state index contributed by atoms with van der Waals surface area (Å²) in [6.45, 7) is 1.91. The molecule has 1 rings (SSSR count). The number of rotatable bonds is 1. The van der Waals surface area contributed by atoms with Crippen molar-refractivity contribution in [2.24, 2.45) is 0 Å². The lowest BCUT2D eigenvalue weighted by Crippen LogP contribution is -2.37. The van der Waals surface area contributed by atoms with E-state index < -0.39 is 6.29 Å². The summed E-state index contributed by atoms with van der Waals surface area (Å²) >= 11 is 0. The molecule has 1 heterocycles. The van der Waals surface area contributed by atoms with E-state index in [4.69, 9.17) is 14.6 Å². The molecule has 60 valence electrons. The molecule has 0 aromatic heterocycles. The van der Waals surface area contributed by atoms with E-state index in [0.717, 1.165) is 6.42 Å². The highest BCUT2D eigenvalue weighted by atomic mass is 16.6. The normalized spacial score (nSPS) is 41.7. The van der Waals surface area contributed by atoms with E-state index in [1.165, 1.54) is 0 Å². The Labute approximate surface area is 60.9 Å². The van der Waals surface area contributed by atoms with Gasteiger partial charge in [0.2, 0.25) is 0 Å². The third-order valence-corrected chi connectivity index (χ3v) is 1.90. The average molecular weight is 146 g/mol. The Kier molecular flexibility index (Phi) is 2.65. The van der Waals surface area contributed by atoms with Gasteiger partial charge < -0.3 is 14.6 Å². The van der Waals surface area contributed by atoms with Gasteiger partial charge in [-0.3, -0.25) is 0 Å². The van der Waals surface area contributed by atoms with E-state index in [-0.39, 0.29) is 12.2 Å². The molecule has 0 radical (unpaired) electrons. The van der Waals surface area contributed by atoms with Crippen molar-refractivity contribution in [3.63, 3.8) is 0 Å². The number of ether oxygens (including phenoxy) is 2. The first-order valence-electron chi connectivity index (χ1n) is 3.60. The molecule has 0 aromatic rings. The fourth-order valence-electron chi connectivity index (χ4n) is 1.25. The number of hydrogen-bond acceptors (Lipinski definition) is 3. The first-order valence-corrected chi connectivity index (χ1v) is 3.60. The van der Waals surface area contributed by atoms with Crippen LogP contribution in [0.5, 0.6) is 0 Å². The Morgan fingerprint density at radius 3 is 2.70 bits per heavy atom. The van der Waals surface area contributed by atoms with Crippen LogP contribution in [0.15, 0.2) is 0 Å². The van der Waals surface area contributed by atoms with Crippen LogP contribution in [0, 0.1) is 0 Å². The molecule has 1 fully saturated rings. The van der Waals surface area contributed by atoms with Crippen LogP contribution in [0.3, 0.4) is 0 Å². The summed E-state index contributed by atoms with van der Waals surface area (Å²) in [5.74, 6) is 0. The van der Waals surface area contributed by atoms with Gasteiger partial charge in [-0.25, -0.2) is 0 Å². The smallest absolute Gasteiger partial charge is 0.155 e. The SMILES string of the molecule is CO[C@H]1CC[C@@H](O)O[C@@H]1C. The van der Waals surface area contributed by atoms with Gasteiger partial charge in [0.15, 0.2) is 6.29 Å². The molecule has 0 aliphatic carbocycles. The summed E-state index contributed by atoms with van der Waals surface area (Å²) in [5, 5.41) is 9.02. The zero-order chi connectivity index (χ0) is 7.56. The maximum atomic E-state index is 9.02. The zero-order valence-electron chi connectivity index (χ0n) is 6.41. The highest BCUT2D eigenvalue weighted by Gasteiger charge is 2.26. The third-order valence-electron chi connectivity index (χ3n) is 1.90. The maximum absolute atomic E-state index is 9.02. The van der Waals surface area contributed by atoms with Crippen LogP contribution in [0.2, 0.25) is 0 Å². The lowest BCUT2D eigenvalue weighted by atomic mass is 10.1. The second-order valence-corrected chi connectivity index (χ2v) is 2.65. The van der Waals surface area contributed by atoms with Gasteiger partial charge in [-0.15, -0.1) is 0 Å². The predicted octanol–water partition coefficient (Wildman–Crippen LogP) is 0.519. The van der Waals surface area contributed by atoms with Crippen LogP contribution in [0.1, 0.15) is 19.8 Å². The zero-order valence-corrected chi connectivity index (χ0v) is 6.41. The Hall–Kier alpha value is -0.120. The fourth-order valence-corrected chi connectivity index (χ4v) is 1.25. The summed E-state index contributed by atoms with van der Waals surface area (Å²) in [5.41, 5.74) is 0. The molecule has 3 heteroatoms. The topological polar surface area (TPSA) is 38.7 Å². The Bertz CT molecular complexity index is 105. The summed E-state index contributed by atoms with van der Waals surface area (Å²) in [6, 6.07) is 0. The van der Waals surface area contributed by atoms with Crippen molar-refractivity contribution in [2.75, 3.05) is 7.11 Å². The lowest BCUT2D eigenvalue weighted by molar-refractivity contribution is -0.198. The molecule has 1 aliphatic heterocycles. The van der Waals surface area contributed by atoms with Crippen molar-refractivity contribution < 1.29 is 14.6 Å². The molecule has 3 atom stereocenters. The van der Waals surface area contributed by atoms with Crippen molar-refractivity contribution in [1.82, 2.24) is 0 Å². The minimum Gasteiger partial charge on any atom is -0.379 e. The number of hydrogen-bond donors (Lipinski definition) is 1. The van der Waals surface area contributed by atoms with Crippen LogP contribution in [-0.4, -0.2) is 30.7 Å². The van der Waals surface area contributed by atoms with E-state index in [0.29, 0.717) is 6.42 Å². The van der Waals surface area contributed by atoms with E-state index >= 15 is 0 Å². The monoisotopic (exact) mass is 146 g/mol. The second-order valence-electron chi connectivity index (χ2n) is 2.65. The average Bonchev–Trinajstić information content (AvgIpc) is 1.88. The van der Waals surface area contributed by atoms with Crippen LogP contribution >= 0.6 is 0 Å². The first-order chi connectivity index (χ1) is 4.74. The van der Waals surface area contributed by atoms with Crippen molar-refractivity contribution in [1.29, 1.82) is 0 Å². The summed E-state index contributed by atoms with van der Waals surface area (Å²) < 4.78 is 10.2. The van der Waals surface area contributed by atoms with Crippen molar-refractivity contribution in [2.45, 2.75) is 38.3 Å². The molecule has 0 saturated carbocycles. The minimum absolute atomic E-state index is 0.0220. The van der Waals surface area contributed by atoms with Gasteiger partial charge in [-0.2, -0.15) is 0 Å². The van der Waals surface area contributed by atoms with Crippen LogP contribution < -0.4 is 0 Å². The molecule has 0 bridgehead atoms. The third kappa shape index (κ3) is 1.68. The quantitative estimate of drug-likeness (QED) is 0.586. The van der Waals surface area contributed by atoms with Gasteiger partial charge in [0.1, 0.15) is 0 Å². The van der Waals surface area contributed by atoms with Gasteiger partial charge in [0.05, 0.1) is 12.2 Å². The molecule has 1 aliphatic rings. The van der Waals surface area contributed by atoms with Crippen LogP contribution in [0.4, 0.5) is 0 Å². The molecule has 10 heavy (non-hydrogen) atoms. The first kappa shape index (κ1) is 7.98. The lowest BCUT2D eigenvalue weighted by Gasteiger charge is -2.30. The Morgan fingerprint density at radius 2 is 2.20 bits per heavy atom. The van der Waals surface area contributed by atoms with Gasteiger partial charge >= 0.3 is 0 Å². The van der Waals surface area contributed by atoms with E-state index in [2.05, 4.69) is 0 Å². The molecule has 1 saturated heterocycles. The van der Waals surface area contributed by atoms with Crippen LogP contribution in [0.25, 0.3) is 0 Å². The number of methoxy groups -OCH3 is 1. The van der Waals surface area contributed by atoms with Crippen molar-refractivity contribution in [3.8, 4) is 0 Å². The number of aliphatic hydroxyl groups is 1. The number of aliphatic hydroxyl groups excluding tert-OH is 1. The minimum atomic E-state index is -0.582. The molecule has 0 amide bonds. The molecular formula is C7H14O3.